The van der Waals surface area contributed by atoms with E-state index in [1.54, 1.807) is 0 Å². The summed E-state index contributed by atoms with van der Waals surface area (Å²) in [5.74, 6) is 1.66. The maximum absolute atomic E-state index is 6.02. The number of benzene rings is 1. The van der Waals surface area contributed by atoms with Crippen molar-refractivity contribution in [1.82, 2.24) is 14.8 Å². The summed E-state index contributed by atoms with van der Waals surface area (Å²) in [4.78, 5) is 14.7. The SMILES string of the molecule is CN1CC2CN(c3ccnc(CN4CCN(c5ccc(Cl)cc5)CC4)c3)CC2C1. The Bertz CT molecular complexity index is 819. The zero-order valence-electron chi connectivity index (χ0n) is 17.2. The zero-order chi connectivity index (χ0) is 19.8. The quantitative estimate of drug-likeness (QED) is 0.770. The van der Waals surface area contributed by atoms with Crippen LogP contribution in [0.5, 0.6) is 0 Å². The Morgan fingerprint density at radius 1 is 0.862 bits per heavy atom. The third kappa shape index (κ3) is 4.23. The van der Waals surface area contributed by atoms with Crippen LogP contribution in [0.25, 0.3) is 0 Å². The highest BCUT2D eigenvalue weighted by atomic mass is 35.5. The first-order valence-corrected chi connectivity index (χ1v) is 11.1. The molecule has 5 rings (SSSR count). The van der Waals surface area contributed by atoms with Crippen molar-refractivity contribution < 1.29 is 0 Å². The summed E-state index contributed by atoms with van der Waals surface area (Å²) in [6, 6.07) is 12.7. The van der Waals surface area contributed by atoms with Crippen LogP contribution < -0.4 is 9.80 Å². The average molecular weight is 412 g/mol. The fourth-order valence-corrected chi connectivity index (χ4v) is 5.36. The minimum atomic E-state index is 0.798. The summed E-state index contributed by atoms with van der Waals surface area (Å²) in [6.07, 6.45) is 1.99. The van der Waals surface area contributed by atoms with Crippen LogP contribution in [0.3, 0.4) is 0 Å². The number of piperazine rings is 1. The van der Waals surface area contributed by atoms with Gasteiger partial charge in [-0.1, -0.05) is 11.6 Å². The molecule has 0 N–H and O–H groups in total. The van der Waals surface area contributed by atoms with Gasteiger partial charge in [-0.05, 0) is 55.3 Å². The molecule has 2 aromatic rings. The topological polar surface area (TPSA) is 25.9 Å². The third-order valence-corrected chi connectivity index (χ3v) is 7.04. The van der Waals surface area contributed by atoms with Crippen molar-refractivity contribution in [3.05, 3.63) is 53.3 Å². The number of hydrogen-bond acceptors (Lipinski definition) is 5. The lowest BCUT2D eigenvalue weighted by atomic mass is 10.0. The summed E-state index contributed by atoms with van der Waals surface area (Å²) < 4.78 is 0. The van der Waals surface area contributed by atoms with Gasteiger partial charge in [0.1, 0.15) is 0 Å². The molecule has 3 aliphatic rings. The number of aromatic nitrogens is 1. The lowest BCUT2D eigenvalue weighted by Gasteiger charge is -2.36. The monoisotopic (exact) mass is 411 g/mol. The molecule has 6 heteroatoms. The molecule has 1 aromatic carbocycles. The third-order valence-electron chi connectivity index (χ3n) is 6.78. The summed E-state index contributed by atoms with van der Waals surface area (Å²) >= 11 is 6.02. The van der Waals surface area contributed by atoms with Crippen LogP contribution in [-0.2, 0) is 6.54 Å². The van der Waals surface area contributed by atoms with Crippen molar-refractivity contribution in [1.29, 1.82) is 0 Å². The number of rotatable bonds is 4. The first kappa shape index (κ1) is 19.2. The molecular weight excluding hydrogens is 382 g/mol. The molecule has 0 amide bonds. The van der Waals surface area contributed by atoms with E-state index in [4.69, 9.17) is 11.6 Å². The van der Waals surface area contributed by atoms with Crippen molar-refractivity contribution >= 4 is 23.0 Å². The summed E-state index contributed by atoms with van der Waals surface area (Å²) in [6.45, 7) is 10.0. The second-order valence-electron chi connectivity index (χ2n) is 8.89. The average Bonchev–Trinajstić information content (AvgIpc) is 3.27. The molecule has 5 nitrogen and oxygen atoms in total. The van der Waals surface area contributed by atoms with Gasteiger partial charge in [-0.15, -0.1) is 0 Å². The Balaban J connectivity index is 1.17. The lowest BCUT2D eigenvalue weighted by molar-refractivity contribution is 0.247. The number of hydrogen-bond donors (Lipinski definition) is 0. The Morgan fingerprint density at radius 2 is 1.55 bits per heavy atom. The first-order chi connectivity index (χ1) is 14.1. The van der Waals surface area contributed by atoms with Gasteiger partial charge >= 0.3 is 0 Å². The van der Waals surface area contributed by atoms with E-state index < -0.39 is 0 Å². The molecule has 29 heavy (non-hydrogen) atoms. The van der Waals surface area contributed by atoms with Crippen molar-refractivity contribution in [3.8, 4) is 0 Å². The highest BCUT2D eigenvalue weighted by Gasteiger charge is 2.38. The number of fused-ring (bicyclic) bond motifs is 1. The molecule has 154 valence electrons. The van der Waals surface area contributed by atoms with Gasteiger partial charge in [0.2, 0.25) is 0 Å². The van der Waals surface area contributed by atoms with Crippen LogP contribution in [0, 0.1) is 11.8 Å². The molecule has 0 saturated carbocycles. The molecule has 3 saturated heterocycles. The normalized spacial score (nSPS) is 25.6. The molecule has 2 atom stereocenters. The van der Waals surface area contributed by atoms with Crippen molar-refractivity contribution in [2.45, 2.75) is 6.54 Å². The van der Waals surface area contributed by atoms with Gasteiger partial charge in [-0.2, -0.15) is 0 Å². The van der Waals surface area contributed by atoms with Crippen molar-refractivity contribution in [2.75, 3.05) is 69.2 Å². The molecule has 1 aromatic heterocycles. The van der Waals surface area contributed by atoms with Gasteiger partial charge in [-0.25, -0.2) is 0 Å². The Kier molecular flexibility index (Phi) is 5.37. The van der Waals surface area contributed by atoms with E-state index in [0.717, 1.165) is 49.6 Å². The van der Waals surface area contributed by atoms with Crippen LogP contribution in [0.4, 0.5) is 11.4 Å². The van der Waals surface area contributed by atoms with E-state index in [-0.39, 0.29) is 0 Å². The Labute approximate surface area is 178 Å². The van der Waals surface area contributed by atoms with E-state index in [1.165, 1.54) is 43.2 Å². The summed E-state index contributed by atoms with van der Waals surface area (Å²) in [5, 5.41) is 0.798. The number of halogens is 1. The fraction of sp³-hybridized carbons (Fsp3) is 0.522. The lowest BCUT2D eigenvalue weighted by Crippen LogP contribution is -2.46. The molecule has 0 radical (unpaired) electrons. The van der Waals surface area contributed by atoms with E-state index in [2.05, 4.69) is 55.9 Å². The summed E-state index contributed by atoms with van der Waals surface area (Å²) in [5.41, 5.74) is 3.81. The maximum Gasteiger partial charge on any atom is 0.0564 e. The van der Waals surface area contributed by atoms with E-state index >= 15 is 0 Å². The van der Waals surface area contributed by atoms with Crippen LogP contribution in [0.2, 0.25) is 5.02 Å². The van der Waals surface area contributed by atoms with Crippen LogP contribution in [0.1, 0.15) is 5.69 Å². The fourth-order valence-electron chi connectivity index (χ4n) is 5.23. The molecule has 0 aliphatic carbocycles. The van der Waals surface area contributed by atoms with E-state index in [9.17, 15) is 0 Å². The number of anilines is 2. The molecule has 4 heterocycles. The predicted octanol–water partition coefficient (Wildman–Crippen LogP) is 3.06. The van der Waals surface area contributed by atoms with Crippen molar-refractivity contribution in [3.63, 3.8) is 0 Å². The minimum absolute atomic E-state index is 0.798. The molecule has 0 bridgehead atoms. The Morgan fingerprint density at radius 3 is 2.24 bits per heavy atom. The minimum Gasteiger partial charge on any atom is -0.371 e. The molecule has 3 aliphatic heterocycles. The van der Waals surface area contributed by atoms with Crippen LogP contribution >= 0.6 is 11.6 Å². The van der Waals surface area contributed by atoms with Gasteiger partial charge in [0.15, 0.2) is 0 Å². The molecular formula is C23H30ClN5. The number of likely N-dealkylation sites (tertiary alicyclic amines) is 1. The van der Waals surface area contributed by atoms with Gasteiger partial charge in [0.05, 0.1) is 5.69 Å². The second kappa shape index (κ2) is 8.13. The molecule has 0 spiro atoms. The first-order valence-electron chi connectivity index (χ1n) is 10.8. The van der Waals surface area contributed by atoms with Crippen LogP contribution in [0.15, 0.2) is 42.6 Å². The summed E-state index contributed by atoms with van der Waals surface area (Å²) in [7, 11) is 2.25. The number of nitrogens with zero attached hydrogens (tertiary/aromatic N) is 5. The number of pyridine rings is 1. The largest absolute Gasteiger partial charge is 0.371 e. The molecule has 3 fully saturated rings. The Hall–Kier alpha value is -1.82. The van der Waals surface area contributed by atoms with E-state index in [0.29, 0.717) is 0 Å². The van der Waals surface area contributed by atoms with Gasteiger partial charge in [0.25, 0.3) is 0 Å². The predicted molar refractivity (Wildman–Crippen MR) is 120 cm³/mol. The highest BCUT2D eigenvalue weighted by molar-refractivity contribution is 6.30. The van der Waals surface area contributed by atoms with Crippen LogP contribution in [-0.4, -0.2) is 74.2 Å². The van der Waals surface area contributed by atoms with Crippen molar-refractivity contribution in [2.24, 2.45) is 11.8 Å². The highest BCUT2D eigenvalue weighted by Crippen LogP contribution is 2.33. The smallest absolute Gasteiger partial charge is 0.0564 e. The van der Waals surface area contributed by atoms with Gasteiger partial charge < -0.3 is 14.7 Å². The van der Waals surface area contributed by atoms with E-state index in [1.807, 2.05) is 18.3 Å². The second-order valence-corrected chi connectivity index (χ2v) is 9.33. The standard InChI is InChI=1S/C23H30ClN5/c1-26-13-18-15-29(16-19(18)14-26)23-6-7-25-21(12-23)17-27-8-10-28(11-9-27)22-4-2-20(24)3-5-22/h2-7,12,18-19H,8-11,13-17H2,1H3. The van der Waals surface area contributed by atoms with Gasteiger partial charge in [0, 0.05) is 81.5 Å². The zero-order valence-corrected chi connectivity index (χ0v) is 17.9. The maximum atomic E-state index is 6.02. The molecule has 2 unspecified atom stereocenters. The van der Waals surface area contributed by atoms with Gasteiger partial charge in [-0.3, -0.25) is 9.88 Å².